The van der Waals surface area contributed by atoms with E-state index in [-0.39, 0.29) is 54.1 Å². The van der Waals surface area contributed by atoms with Gasteiger partial charge in [0.2, 0.25) is 21.8 Å². The van der Waals surface area contributed by atoms with Gasteiger partial charge in [-0.2, -0.15) is 0 Å². The highest BCUT2D eigenvalue weighted by atomic mass is 32.2. The summed E-state index contributed by atoms with van der Waals surface area (Å²) in [6.07, 6.45) is 1.02. The lowest BCUT2D eigenvalue weighted by Crippen LogP contribution is -2.40. The van der Waals surface area contributed by atoms with Crippen molar-refractivity contribution in [3.63, 3.8) is 0 Å². The van der Waals surface area contributed by atoms with E-state index in [0.29, 0.717) is 6.42 Å². The summed E-state index contributed by atoms with van der Waals surface area (Å²) >= 11 is 0. The van der Waals surface area contributed by atoms with Gasteiger partial charge in [-0.15, -0.1) is 0 Å². The fourth-order valence-electron chi connectivity index (χ4n) is 2.41. The van der Waals surface area contributed by atoms with Gasteiger partial charge in [-0.3, -0.25) is 14.5 Å². The van der Waals surface area contributed by atoms with E-state index < -0.39 is 10.0 Å². The molecule has 1 N–H and O–H groups in total. The van der Waals surface area contributed by atoms with Gasteiger partial charge in [-0.05, 0) is 24.6 Å². The number of rotatable bonds is 7. The van der Waals surface area contributed by atoms with Crippen LogP contribution in [0.2, 0.25) is 0 Å². The molecule has 1 aromatic rings. The zero-order valence-electron chi connectivity index (χ0n) is 13.6. The average Bonchev–Trinajstić information content (AvgIpc) is 2.54. The molecule has 0 atom stereocenters. The Labute approximate surface area is 140 Å². The van der Waals surface area contributed by atoms with E-state index in [4.69, 9.17) is 9.47 Å². The lowest BCUT2D eigenvalue weighted by Gasteiger charge is -2.25. The summed E-state index contributed by atoms with van der Waals surface area (Å²) in [6.45, 7) is 0.304. The molecular formula is C15H20N2O6S. The maximum Gasteiger partial charge on any atom is 0.244 e. The highest BCUT2D eigenvalue weighted by molar-refractivity contribution is 7.89. The van der Waals surface area contributed by atoms with Crippen LogP contribution in [0.4, 0.5) is 5.69 Å². The molecule has 1 aliphatic heterocycles. The van der Waals surface area contributed by atoms with Crippen molar-refractivity contribution in [2.24, 2.45) is 0 Å². The van der Waals surface area contributed by atoms with Crippen molar-refractivity contribution in [1.29, 1.82) is 0 Å². The van der Waals surface area contributed by atoms with Crippen LogP contribution in [0, 0.1) is 0 Å². The number of methoxy groups -OCH3 is 2. The topological polar surface area (TPSA) is 102 Å². The molecule has 1 fully saturated rings. The van der Waals surface area contributed by atoms with Crippen LogP contribution in [0.3, 0.4) is 0 Å². The summed E-state index contributed by atoms with van der Waals surface area (Å²) in [4.78, 5) is 24.9. The third kappa shape index (κ3) is 3.92. The van der Waals surface area contributed by atoms with Crippen molar-refractivity contribution < 1.29 is 27.5 Å². The second kappa shape index (κ2) is 7.73. The van der Waals surface area contributed by atoms with Crippen LogP contribution in [0.5, 0.6) is 5.75 Å². The number of piperidine rings is 1. The van der Waals surface area contributed by atoms with Gasteiger partial charge in [-0.1, -0.05) is 0 Å². The molecule has 1 saturated heterocycles. The SMILES string of the molecule is COCCNS(=O)(=O)c1cc(N2C(=O)CCCC2=O)ccc1OC. The van der Waals surface area contributed by atoms with Crippen LogP contribution < -0.4 is 14.4 Å². The fraction of sp³-hybridized carbons (Fsp3) is 0.467. The smallest absolute Gasteiger partial charge is 0.244 e. The molecule has 132 valence electrons. The van der Waals surface area contributed by atoms with Gasteiger partial charge in [0.1, 0.15) is 10.6 Å². The predicted molar refractivity (Wildman–Crippen MR) is 86.4 cm³/mol. The summed E-state index contributed by atoms with van der Waals surface area (Å²) in [6, 6.07) is 4.19. The molecule has 0 spiro atoms. The minimum Gasteiger partial charge on any atom is -0.495 e. The lowest BCUT2D eigenvalue weighted by atomic mass is 10.1. The van der Waals surface area contributed by atoms with E-state index in [1.165, 1.54) is 32.4 Å². The quantitative estimate of drug-likeness (QED) is 0.569. The van der Waals surface area contributed by atoms with E-state index >= 15 is 0 Å². The molecule has 24 heavy (non-hydrogen) atoms. The maximum absolute atomic E-state index is 12.4. The van der Waals surface area contributed by atoms with Gasteiger partial charge < -0.3 is 9.47 Å². The minimum atomic E-state index is -3.88. The Morgan fingerprint density at radius 2 is 1.83 bits per heavy atom. The second-order valence-corrected chi connectivity index (χ2v) is 6.94. The molecule has 1 heterocycles. The van der Waals surface area contributed by atoms with Crippen LogP contribution in [0.1, 0.15) is 19.3 Å². The molecule has 0 radical (unpaired) electrons. The zero-order valence-corrected chi connectivity index (χ0v) is 14.4. The first-order valence-electron chi connectivity index (χ1n) is 7.43. The standard InChI is InChI=1S/C15H20N2O6S/c1-22-9-8-16-24(20,21)13-10-11(6-7-12(13)23-2)17-14(18)4-3-5-15(17)19/h6-7,10,16H,3-5,8-9H2,1-2H3. The van der Waals surface area contributed by atoms with Crippen LogP contribution >= 0.6 is 0 Å². The zero-order chi connectivity index (χ0) is 17.7. The molecule has 9 heteroatoms. The van der Waals surface area contributed by atoms with Crippen LogP contribution in [0.15, 0.2) is 23.1 Å². The molecule has 0 aromatic heterocycles. The number of benzene rings is 1. The number of carbonyl (C=O) groups is 2. The van der Waals surface area contributed by atoms with Crippen molar-refractivity contribution in [2.75, 3.05) is 32.3 Å². The Bertz CT molecular complexity index is 715. The predicted octanol–water partition coefficient (Wildman–Crippen LogP) is 0.663. The third-order valence-corrected chi connectivity index (χ3v) is 5.06. The molecule has 0 aliphatic carbocycles. The molecule has 2 rings (SSSR count). The summed E-state index contributed by atoms with van der Waals surface area (Å²) in [5, 5.41) is 0. The van der Waals surface area contributed by atoms with E-state index in [9.17, 15) is 18.0 Å². The monoisotopic (exact) mass is 356 g/mol. The van der Waals surface area contributed by atoms with E-state index in [1.54, 1.807) is 0 Å². The number of hydrogen-bond acceptors (Lipinski definition) is 6. The summed E-state index contributed by atoms with van der Waals surface area (Å²) in [5.74, 6) is -0.556. The molecule has 1 aromatic carbocycles. The van der Waals surface area contributed by atoms with E-state index in [0.717, 1.165) is 4.90 Å². The van der Waals surface area contributed by atoms with E-state index in [1.807, 2.05) is 0 Å². The average molecular weight is 356 g/mol. The number of hydrogen-bond donors (Lipinski definition) is 1. The van der Waals surface area contributed by atoms with E-state index in [2.05, 4.69) is 4.72 Å². The Morgan fingerprint density at radius 3 is 2.42 bits per heavy atom. The number of amides is 2. The van der Waals surface area contributed by atoms with Gasteiger partial charge in [0.15, 0.2) is 0 Å². The van der Waals surface area contributed by atoms with Crippen LogP contribution in [-0.2, 0) is 24.3 Å². The first-order chi connectivity index (χ1) is 11.4. The molecule has 8 nitrogen and oxygen atoms in total. The molecule has 0 bridgehead atoms. The Kier molecular flexibility index (Phi) is 5.92. The summed E-state index contributed by atoms with van der Waals surface area (Å²) in [5.41, 5.74) is 0.220. The Balaban J connectivity index is 2.40. The number of nitrogens with zero attached hydrogens (tertiary/aromatic N) is 1. The van der Waals surface area contributed by atoms with Gasteiger partial charge in [0.25, 0.3) is 0 Å². The lowest BCUT2D eigenvalue weighted by molar-refractivity contribution is -0.129. The van der Waals surface area contributed by atoms with Gasteiger partial charge in [0.05, 0.1) is 19.4 Å². The molecule has 2 amide bonds. The molecule has 0 saturated carbocycles. The number of imide groups is 1. The number of nitrogens with one attached hydrogen (secondary N) is 1. The number of sulfonamides is 1. The fourth-order valence-corrected chi connectivity index (χ4v) is 3.61. The highest BCUT2D eigenvalue weighted by Gasteiger charge is 2.29. The number of carbonyl (C=O) groups excluding carboxylic acids is 2. The first-order valence-corrected chi connectivity index (χ1v) is 8.91. The third-order valence-electron chi connectivity index (χ3n) is 3.57. The molecule has 0 unspecified atom stereocenters. The number of ether oxygens (including phenoxy) is 2. The Hall–Kier alpha value is -1.97. The second-order valence-electron chi connectivity index (χ2n) is 5.20. The van der Waals surface area contributed by atoms with Gasteiger partial charge >= 0.3 is 0 Å². The van der Waals surface area contributed by atoms with Crippen molar-refractivity contribution in [2.45, 2.75) is 24.2 Å². The molecular weight excluding hydrogens is 336 g/mol. The first kappa shape index (κ1) is 18.4. The van der Waals surface area contributed by atoms with Crippen molar-refractivity contribution in [3.8, 4) is 5.75 Å². The summed E-state index contributed by atoms with van der Waals surface area (Å²) < 4.78 is 37.2. The van der Waals surface area contributed by atoms with Crippen LogP contribution in [0.25, 0.3) is 0 Å². The number of anilines is 1. The largest absolute Gasteiger partial charge is 0.495 e. The molecule has 1 aliphatic rings. The minimum absolute atomic E-state index is 0.0911. The van der Waals surface area contributed by atoms with Crippen molar-refractivity contribution >= 4 is 27.5 Å². The highest BCUT2D eigenvalue weighted by Crippen LogP contribution is 2.30. The van der Waals surface area contributed by atoms with Crippen molar-refractivity contribution in [1.82, 2.24) is 4.72 Å². The van der Waals surface area contributed by atoms with Gasteiger partial charge in [-0.25, -0.2) is 13.1 Å². The maximum atomic E-state index is 12.4. The summed E-state index contributed by atoms with van der Waals surface area (Å²) in [7, 11) is -1.07. The Morgan fingerprint density at radius 1 is 1.17 bits per heavy atom. The van der Waals surface area contributed by atoms with Crippen molar-refractivity contribution in [3.05, 3.63) is 18.2 Å². The van der Waals surface area contributed by atoms with Gasteiger partial charge in [0, 0.05) is 26.5 Å². The normalized spacial score (nSPS) is 15.7. The van der Waals surface area contributed by atoms with Crippen LogP contribution in [-0.4, -0.2) is 47.6 Å².